The molecule has 1 N–H and O–H groups in total. The minimum absolute atomic E-state index is 0.0229. The molecule has 1 aromatic carbocycles. The first-order chi connectivity index (χ1) is 9.49. The molecule has 0 atom stereocenters. The molecule has 0 aromatic heterocycles. The number of rotatable bonds is 5. The molecule has 0 fully saturated rings. The fraction of sp³-hybridized carbons (Fsp3) is 0.417. The van der Waals surface area contributed by atoms with Crippen LogP contribution >= 0.6 is 33.9 Å². The molecule has 1 aromatic rings. The number of ether oxygens (including phenoxy) is 1. The van der Waals surface area contributed by atoms with Crippen LogP contribution in [-0.4, -0.2) is 33.6 Å². The zero-order valence-electron chi connectivity index (χ0n) is 11.5. The Balaban J connectivity index is 3.28. The van der Waals surface area contributed by atoms with E-state index in [1.54, 1.807) is 13.8 Å². The van der Waals surface area contributed by atoms with Gasteiger partial charge in [-0.15, -0.1) is 0 Å². The van der Waals surface area contributed by atoms with Gasteiger partial charge in [0.05, 0.1) is 27.8 Å². The maximum absolute atomic E-state index is 12.3. The van der Waals surface area contributed by atoms with Crippen LogP contribution in [0, 0.1) is 0 Å². The second kappa shape index (κ2) is 6.71. The topological polar surface area (TPSA) is 72.5 Å². The summed E-state index contributed by atoms with van der Waals surface area (Å²) in [5.41, 5.74) is -0.835. The molecule has 0 saturated carbocycles. The average Bonchev–Trinajstić information content (AvgIpc) is 2.25. The minimum Gasteiger partial charge on any atom is -0.382 e. The Morgan fingerprint density at radius 2 is 1.90 bits per heavy atom. The molecule has 0 spiro atoms. The lowest BCUT2D eigenvalue weighted by atomic mass is 10.1. The van der Waals surface area contributed by atoms with E-state index in [4.69, 9.17) is 38.6 Å². The molecular weight excluding hydrogens is 361 g/mol. The highest BCUT2D eigenvalue weighted by Crippen LogP contribution is 2.33. The number of amides is 1. The van der Waals surface area contributed by atoms with E-state index in [9.17, 15) is 13.2 Å². The molecule has 0 bridgehead atoms. The summed E-state index contributed by atoms with van der Waals surface area (Å²) in [4.78, 5) is 11.9. The number of carbonyl (C=O) groups excluding carboxylic acids is 1. The van der Waals surface area contributed by atoms with E-state index >= 15 is 0 Å². The van der Waals surface area contributed by atoms with Crippen molar-refractivity contribution in [2.24, 2.45) is 0 Å². The van der Waals surface area contributed by atoms with Crippen LogP contribution < -0.4 is 5.32 Å². The van der Waals surface area contributed by atoms with Gasteiger partial charge in [-0.2, -0.15) is 0 Å². The first-order valence-corrected chi connectivity index (χ1v) is 8.80. The normalized spacial score (nSPS) is 12.3. The van der Waals surface area contributed by atoms with Crippen molar-refractivity contribution >= 4 is 48.8 Å². The molecular formula is C12H14Cl3NO4S. The number of methoxy groups -OCH3 is 1. The van der Waals surface area contributed by atoms with E-state index in [1.807, 2.05) is 0 Å². The van der Waals surface area contributed by atoms with Crippen LogP contribution in [0.3, 0.4) is 0 Å². The Hall–Kier alpha value is -0.530. The van der Waals surface area contributed by atoms with E-state index in [-0.39, 0.29) is 27.1 Å². The molecule has 0 heterocycles. The molecule has 0 saturated heterocycles. The molecule has 118 valence electrons. The lowest BCUT2D eigenvalue weighted by molar-refractivity contribution is 0.0820. The lowest BCUT2D eigenvalue weighted by Gasteiger charge is -2.25. The van der Waals surface area contributed by atoms with Crippen molar-refractivity contribution in [3.05, 3.63) is 27.7 Å². The summed E-state index contributed by atoms with van der Waals surface area (Å²) in [7, 11) is 2.68. The summed E-state index contributed by atoms with van der Waals surface area (Å²) in [5, 5.41) is 2.37. The van der Waals surface area contributed by atoms with Gasteiger partial charge in [0, 0.05) is 17.8 Å². The molecule has 21 heavy (non-hydrogen) atoms. The summed E-state index contributed by atoms with van der Waals surface area (Å²) < 4.78 is 27.8. The van der Waals surface area contributed by atoms with Gasteiger partial charge in [0.15, 0.2) is 0 Å². The molecule has 0 radical (unpaired) electrons. The summed E-state index contributed by atoms with van der Waals surface area (Å²) in [6, 6.07) is 2.39. The maximum Gasteiger partial charge on any atom is 0.262 e. The van der Waals surface area contributed by atoms with Crippen molar-refractivity contribution in [1.82, 2.24) is 5.32 Å². The minimum atomic E-state index is -4.08. The molecule has 0 unspecified atom stereocenters. The lowest BCUT2D eigenvalue weighted by Crippen LogP contribution is -2.47. The Labute approximate surface area is 137 Å². The smallest absolute Gasteiger partial charge is 0.262 e. The van der Waals surface area contributed by atoms with Crippen molar-refractivity contribution < 1.29 is 17.9 Å². The third-order valence-electron chi connectivity index (χ3n) is 2.50. The highest BCUT2D eigenvalue weighted by Gasteiger charge is 2.27. The Kier molecular flexibility index (Phi) is 5.91. The highest BCUT2D eigenvalue weighted by atomic mass is 35.7. The second-order valence-electron chi connectivity index (χ2n) is 4.94. The van der Waals surface area contributed by atoms with Gasteiger partial charge >= 0.3 is 0 Å². The van der Waals surface area contributed by atoms with Crippen LogP contribution in [-0.2, 0) is 13.8 Å². The van der Waals surface area contributed by atoms with Crippen molar-refractivity contribution in [1.29, 1.82) is 0 Å². The van der Waals surface area contributed by atoms with Gasteiger partial charge in [0.1, 0.15) is 4.90 Å². The average molecular weight is 375 g/mol. The zero-order chi connectivity index (χ0) is 16.4. The van der Waals surface area contributed by atoms with Crippen molar-refractivity contribution in [3.63, 3.8) is 0 Å². The number of benzene rings is 1. The highest BCUT2D eigenvalue weighted by molar-refractivity contribution is 8.13. The van der Waals surface area contributed by atoms with Gasteiger partial charge in [-0.25, -0.2) is 8.42 Å². The SMILES string of the molecule is COCC(C)(C)NC(=O)c1c(Cl)ccc(S(=O)(=O)Cl)c1Cl. The van der Waals surface area contributed by atoms with Gasteiger partial charge in [0.2, 0.25) is 0 Å². The van der Waals surface area contributed by atoms with Gasteiger partial charge < -0.3 is 10.1 Å². The van der Waals surface area contributed by atoms with Crippen LogP contribution in [0.4, 0.5) is 0 Å². The number of carbonyl (C=O) groups is 1. The predicted octanol–water partition coefficient (Wildman–Crippen LogP) is 3.08. The van der Waals surface area contributed by atoms with Crippen LogP contribution in [0.5, 0.6) is 0 Å². The van der Waals surface area contributed by atoms with Crippen LogP contribution in [0.2, 0.25) is 10.0 Å². The first kappa shape index (κ1) is 18.5. The first-order valence-electron chi connectivity index (χ1n) is 5.74. The summed E-state index contributed by atoms with van der Waals surface area (Å²) in [6.07, 6.45) is 0. The number of nitrogens with one attached hydrogen (secondary N) is 1. The standard InChI is InChI=1S/C12H14Cl3NO4S/c1-12(2,6-20-3)16-11(17)9-7(13)4-5-8(10(9)14)21(15,18)19/h4-5H,6H2,1-3H3,(H,16,17). The monoisotopic (exact) mass is 373 g/mol. The molecule has 0 aliphatic heterocycles. The van der Waals surface area contributed by atoms with E-state index in [0.717, 1.165) is 6.07 Å². The number of halogens is 3. The van der Waals surface area contributed by atoms with Crippen molar-refractivity contribution in [2.45, 2.75) is 24.3 Å². The third-order valence-corrected chi connectivity index (χ3v) is 4.69. The fourth-order valence-corrected chi connectivity index (χ4v) is 3.59. The van der Waals surface area contributed by atoms with Gasteiger partial charge in [0.25, 0.3) is 15.0 Å². The molecule has 5 nitrogen and oxygen atoms in total. The molecule has 9 heteroatoms. The van der Waals surface area contributed by atoms with E-state index < -0.39 is 20.5 Å². The second-order valence-corrected chi connectivity index (χ2v) is 8.26. The molecule has 1 rings (SSSR count). The maximum atomic E-state index is 12.3. The van der Waals surface area contributed by atoms with Crippen LogP contribution in [0.15, 0.2) is 17.0 Å². The van der Waals surface area contributed by atoms with Crippen LogP contribution in [0.1, 0.15) is 24.2 Å². The van der Waals surface area contributed by atoms with Crippen molar-refractivity contribution in [3.8, 4) is 0 Å². The largest absolute Gasteiger partial charge is 0.382 e. The van der Waals surface area contributed by atoms with E-state index in [0.29, 0.717) is 0 Å². The Morgan fingerprint density at radius 3 is 2.38 bits per heavy atom. The van der Waals surface area contributed by atoms with Crippen molar-refractivity contribution in [2.75, 3.05) is 13.7 Å². The Bertz CT molecular complexity index is 659. The predicted molar refractivity (Wildman–Crippen MR) is 82.9 cm³/mol. The van der Waals surface area contributed by atoms with Gasteiger partial charge in [-0.3, -0.25) is 4.79 Å². The summed E-state index contributed by atoms with van der Waals surface area (Å²) in [5.74, 6) is -0.616. The van der Waals surface area contributed by atoms with Gasteiger partial charge in [-0.1, -0.05) is 23.2 Å². The zero-order valence-corrected chi connectivity index (χ0v) is 14.6. The Morgan fingerprint density at radius 1 is 1.33 bits per heavy atom. The molecule has 0 aliphatic carbocycles. The quantitative estimate of drug-likeness (QED) is 0.804. The molecule has 1 amide bonds. The summed E-state index contributed by atoms with van der Waals surface area (Å²) in [6.45, 7) is 3.72. The van der Waals surface area contributed by atoms with E-state index in [2.05, 4.69) is 5.32 Å². The number of hydrogen-bond acceptors (Lipinski definition) is 4. The third kappa shape index (κ3) is 4.72. The van der Waals surface area contributed by atoms with Crippen LogP contribution in [0.25, 0.3) is 0 Å². The summed E-state index contributed by atoms with van der Waals surface area (Å²) >= 11 is 11.9. The number of hydrogen-bond donors (Lipinski definition) is 1. The molecule has 0 aliphatic rings. The van der Waals surface area contributed by atoms with Gasteiger partial charge in [-0.05, 0) is 26.0 Å². The van der Waals surface area contributed by atoms with E-state index in [1.165, 1.54) is 13.2 Å². The fourth-order valence-electron chi connectivity index (χ4n) is 1.70.